The smallest absolute Gasteiger partial charge is 0.319 e. The molecule has 0 radical (unpaired) electrons. The van der Waals surface area contributed by atoms with Gasteiger partial charge in [-0.2, -0.15) is 0 Å². The molecule has 6 nitrogen and oxygen atoms in total. The molecule has 2 amide bonds. The van der Waals surface area contributed by atoms with Crippen molar-refractivity contribution in [3.05, 3.63) is 53.6 Å². The van der Waals surface area contributed by atoms with Crippen molar-refractivity contribution in [1.29, 1.82) is 0 Å². The first-order chi connectivity index (χ1) is 12.5. The molecule has 0 heterocycles. The van der Waals surface area contributed by atoms with Crippen molar-refractivity contribution < 1.29 is 19.4 Å². The lowest BCUT2D eigenvalue weighted by Gasteiger charge is -2.34. The van der Waals surface area contributed by atoms with Crippen molar-refractivity contribution in [3.8, 4) is 11.5 Å². The number of aryl methyl sites for hydroxylation is 1. The molecule has 2 aromatic rings. The molecule has 1 aliphatic carbocycles. The van der Waals surface area contributed by atoms with Crippen LogP contribution < -0.4 is 20.1 Å². The van der Waals surface area contributed by atoms with Gasteiger partial charge in [0.05, 0.1) is 20.8 Å². The number of rotatable bonds is 5. The molecular formula is C20H24N2O4. The van der Waals surface area contributed by atoms with E-state index in [1.165, 1.54) is 0 Å². The number of benzene rings is 2. The summed E-state index contributed by atoms with van der Waals surface area (Å²) in [7, 11) is 3.22. The van der Waals surface area contributed by atoms with Crippen molar-refractivity contribution in [3.63, 3.8) is 0 Å². The minimum Gasteiger partial charge on any atom is -0.497 e. The molecule has 0 saturated heterocycles. The van der Waals surface area contributed by atoms with Crippen LogP contribution in [0.3, 0.4) is 0 Å². The summed E-state index contributed by atoms with van der Waals surface area (Å²) >= 11 is 0. The van der Waals surface area contributed by atoms with E-state index in [-0.39, 0.29) is 12.6 Å². The van der Waals surface area contributed by atoms with Crippen LogP contribution in [0.15, 0.2) is 42.5 Å². The molecule has 0 aromatic heterocycles. The SMILES string of the molecule is COc1ccc(NC(=O)NCC2(O)CCCc3cc(OC)ccc32)cc1. The maximum atomic E-state index is 12.2. The number of ether oxygens (including phenoxy) is 2. The predicted octanol–water partition coefficient (Wildman–Crippen LogP) is 3.05. The van der Waals surface area contributed by atoms with Gasteiger partial charge >= 0.3 is 6.03 Å². The second-order valence-electron chi connectivity index (χ2n) is 6.44. The van der Waals surface area contributed by atoms with Gasteiger partial charge in [0.15, 0.2) is 0 Å². The Morgan fingerprint density at radius 1 is 1.12 bits per heavy atom. The Morgan fingerprint density at radius 2 is 1.81 bits per heavy atom. The van der Waals surface area contributed by atoms with Crippen molar-refractivity contribution in [1.82, 2.24) is 5.32 Å². The van der Waals surface area contributed by atoms with Crippen LogP contribution in [0.4, 0.5) is 10.5 Å². The molecular weight excluding hydrogens is 332 g/mol. The molecule has 26 heavy (non-hydrogen) atoms. The third-order valence-electron chi connectivity index (χ3n) is 4.74. The first-order valence-corrected chi connectivity index (χ1v) is 8.63. The van der Waals surface area contributed by atoms with Crippen LogP contribution >= 0.6 is 0 Å². The van der Waals surface area contributed by atoms with Crippen LogP contribution in [0.1, 0.15) is 24.0 Å². The molecule has 3 rings (SSSR count). The minimum atomic E-state index is -1.07. The lowest BCUT2D eigenvalue weighted by Crippen LogP contribution is -2.44. The predicted molar refractivity (Wildman–Crippen MR) is 99.8 cm³/mol. The van der Waals surface area contributed by atoms with Crippen LogP contribution in [0.25, 0.3) is 0 Å². The van der Waals surface area contributed by atoms with E-state index in [1.807, 2.05) is 18.2 Å². The number of aliphatic hydroxyl groups is 1. The Balaban J connectivity index is 1.64. The van der Waals surface area contributed by atoms with Gasteiger partial charge in [0.1, 0.15) is 17.1 Å². The number of carbonyl (C=O) groups excluding carboxylic acids is 1. The molecule has 3 N–H and O–H groups in total. The zero-order chi connectivity index (χ0) is 18.6. The third-order valence-corrected chi connectivity index (χ3v) is 4.74. The number of hydrogen-bond acceptors (Lipinski definition) is 4. The maximum absolute atomic E-state index is 12.2. The van der Waals surface area contributed by atoms with E-state index in [1.54, 1.807) is 38.5 Å². The largest absolute Gasteiger partial charge is 0.497 e. The van der Waals surface area contributed by atoms with Gasteiger partial charge < -0.3 is 25.2 Å². The van der Waals surface area contributed by atoms with E-state index in [0.717, 1.165) is 35.5 Å². The zero-order valence-corrected chi connectivity index (χ0v) is 15.0. The van der Waals surface area contributed by atoms with E-state index in [4.69, 9.17) is 9.47 Å². The molecule has 0 bridgehead atoms. The number of carbonyl (C=O) groups is 1. The van der Waals surface area contributed by atoms with E-state index in [0.29, 0.717) is 12.1 Å². The first kappa shape index (κ1) is 18.1. The number of hydrogen-bond donors (Lipinski definition) is 3. The number of nitrogens with one attached hydrogen (secondary N) is 2. The van der Waals surface area contributed by atoms with Crippen LogP contribution in [0.2, 0.25) is 0 Å². The van der Waals surface area contributed by atoms with Crippen LogP contribution in [0.5, 0.6) is 11.5 Å². The zero-order valence-electron chi connectivity index (χ0n) is 15.0. The Kier molecular flexibility index (Phi) is 5.32. The number of anilines is 1. The Morgan fingerprint density at radius 3 is 2.50 bits per heavy atom. The van der Waals surface area contributed by atoms with Crippen LogP contribution in [-0.4, -0.2) is 31.9 Å². The standard InChI is InChI=1S/C20H24N2O4/c1-25-16-7-5-15(6-8-16)22-19(23)21-13-20(24)11-3-4-14-12-17(26-2)9-10-18(14)20/h5-10,12,24H,3-4,11,13H2,1-2H3,(H2,21,22,23). The highest BCUT2D eigenvalue weighted by Crippen LogP contribution is 2.36. The summed E-state index contributed by atoms with van der Waals surface area (Å²) in [5, 5.41) is 16.6. The normalized spacial score (nSPS) is 18.6. The topological polar surface area (TPSA) is 79.8 Å². The quantitative estimate of drug-likeness (QED) is 0.769. The Hall–Kier alpha value is -2.73. The molecule has 6 heteroatoms. The fourth-order valence-corrected chi connectivity index (χ4v) is 3.32. The molecule has 1 unspecified atom stereocenters. The number of amides is 2. The van der Waals surface area contributed by atoms with Crippen LogP contribution in [0, 0.1) is 0 Å². The van der Waals surface area contributed by atoms with Gasteiger partial charge in [0.25, 0.3) is 0 Å². The summed E-state index contributed by atoms with van der Waals surface area (Å²) in [5.74, 6) is 1.50. The second kappa shape index (κ2) is 7.66. The van der Waals surface area contributed by atoms with Gasteiger partial charge in [0.2, 0.25) is 0 Å². The highest BCUT2D eigenvalue weighted by molar-refractivity contribution is 5.89. The van der Waals surface area contributed by atoms with Gasteiger partial charge in [-0.15, -0.1) is 0 Å². The number of urea groups is 1. The summed E-state index contributed by atoms with van der Waals surface area (Å²) in [6, 6.07) is 12.4. The average Bonchev–Trinajstić information content (AvgIpc) is 2.67. The van der Waals surface area contributed by atoms with Crippen molar-refractivity contribution in [2.75, 3.05) is 26.1 Å². The summed E-state index contributed by atoms with van der Waals surface area (Å²) < 4.78 is 10.4. The maximum Gasteiger partial charge on any atom is 0.319 e. The summed E-state index contributed by atoms with van der Waals surface area (Å²) in [5.41, 5.74) is 1.51. The summed E-state index contributed by atoms with van der Waals surface area (Å²) in [6.45, 7) is 0.147. The molecule has 0 aliphatic heterocycles. The fourth-order valence-electron chi connectivity index (χ4n) is 3.32. The summed E-state index contributed by atoms with van der Waals surface area (Å²) in [6.07, 6.45) is 2.36. The summed E-state index contributed by atoms with van der Waals surface area (Å²) in [4.78, 5) is 12.2. The van der Waals surface area contributed by atoms with E-state index < -0.39 is 5.60 Å². The van der Waals surface area contributed by atoms with Crippen molar-refractivity contribution in [2.45, 2.75) is 24.9 Å². The van der Waals surface area contributed by atoms with Crippen molar-refractivity contribution >= 4 is 11.7 Å². The minimum absolute atomic E-state index is 0.147. The van der Waals surface area contributed by atoms with Gasteiger partial charge in [-0.1, -0.05) is 6.07 Å². The Labute approximate surface area is 153 Å². The van der Waals surface area contributed by atoms with Gasteiger partial charge in [0, 0.05) is 5.69 Å². The van der Waals surface area contributed by atoms with Gasteiger partial charge in [-0.3, -0.25) is 0 Å². The molecule has 1 atom stereocenters. The van der Waals surface area contributed by atoms with Crippen molar-refractivity contribution in [2.24, 2.45) is 0 Å². The number of fused-ring (bicyclic) bond motifs is 1. The molecule has 2 aromatic carbocycles. The lowest BCUT2D eigenvalue weighted by molar-refractivity contribution is 0.0220. The average molecular weight is 356 g/mol. The highest BCUT2D eigenvalue weighted by Gasteiger charge is 2.34. The lowest BCUT2D eigenvalue weighted by atomic mass is 9.79. The monoisotopic (exact) mass is 356 g/mol. The first-order valence-electron chi connectivity index (χ1n) is 8.63. The van der Waals surface area contributed by atoms with E-state index in [2.05, 4.69) is 10.6 Å². The third kappa shape index (κ3) is 3.91. The highest BCUT2D eigenvalue weighted by atomic mass is 16.5. The molecule has 1 aliphatic rings. The number of methoxy groups -OCH3 is 2. The molecule has 138 valence electrons. The molecule has 0 spiro atoms. The van der Waals surface area contributed by atoms with E-state index >= 15 is 0 Å². The molecule has 0 saturated carbocycles. The van der Waals surface area contributed by atoms with Gasteiger partial charge in [-0.25, -0.2) is 4.79 Å². The van der Waals surface area contributed by atoms with Crippen LogP contribution in [-0.2, 0) is 12.0 Å². The van der Waals surface area contributed by atoms with Gasteiger partial charge in [-0.05, 0) is 66.8 Å². The van der Waals surface area contributed by atoms with E-state index in [9.17, 15) is 9.90 Å². The Bertz CT molecular complexity index is 776. The second-order valence-corrected chi connectivity index (χ2v) is 6.44. The molecule has 0 fully saturated rings. The fraction of sp³-hybridized carbons (Fsp3) is 0.350.